The van der Waals surface area contributed by atoms with Crippen molar-refractivity contribution in [3.05, 3.63) is 62.2 Å². The van der Waals surface area contributed by atoms with Gasteiger partial charge in [0.15, 0.2) is 5.16 Å². The maximum absolute atomic E-state index is 13.2. The smallest absolute Gasteiger partial charge is 0.268 e. The predicted octanol–water partition coefficient (Wildman–Crippen LogP) is 4.10. The monoisotopic (exact) mass is 410 g/mol. The Morgan fingerprint density at radius 3 is 2.79 bits per heavy atom. The first-order valence-corrected chi connectivity index (χ1v) is 11.2. The molecule has 3 heterocycles. The molecule has 4 aromatic rings. The average Bonchev–Trinajstić information content (AvgIpc) is 3.38. The highest BCUT2D eigenvalue weighted by atomic mass is 32.2. The van der Waals surface area contributed by atoms with Crippen molar-refractivity contribution in [3.8, 4) is 0 Å². The third-order valence-corrected chi connectivity index (χ3v) is 7.03. The Morgan fingerprint density at radius 1 is 1.11 bits per heavy atom. The number of hydrogen-bond donors (Lipinski definition) is 1. The number of thioether (sulfide) groups is 1. The van der Waals surface area contributed by atoms with E-state index in [0.717, 1.165) is 25.7 Å². The molecule has 3 aromatic heterocycles. The molecule has 142 valence electrons. The number of aromatic nitrogens is 4. The second-order valence-electron chi connectivity index (χ2n) is 6.96. The Morgan fingerprint density at radius 2 is 1.93 bits per heavy atom. The Labute approximate surface area is 168 Å². The molecule has 1 fully saturated rings. The average molecular weight is 411 g/mol. The van der Waals surface area contributed by atoms with Gasteiger partial charge in [-0.2, -0.15) is 0 Å². The van der Waals surface area contributed by atoms with E-state index < -0.39 is 0 Å². The largest absolute Gasteiger partial charge is 0.309 e. The summed E-state index contributed by atoms with van der Waals surface area (Å²) in [5.74, 6) is 1.06. The van der Waals surface area contributed by atoms with E-state index in [0.29, 0.717) is 37.9 Å². The lowest BCUT2D eigenvalue weighted by molar-refractivity contribution is 0.457. The number of H-pyrrole nitrogens is 1. The van der Waals surface area contributed by atoms with Crippen molar-refractivity contribution in [1.29, 1.82) is 0 Å². The van der Waals surface area contributed by atoms with Crippen molar-refractivity contribution in [2.45, 2.75) is 42.6 Å². The lowest BCUT2D eigenvalue weighted by Crippen LogP contribution is -2.26. The van der Waals surface area contributed by atoms with Gasteiger partial charge in [-0.05, 0) is 36.4 Å². The quantitative estimate of drug-likeness (QED) is 0.405. The summed E-state index contributed by atoms with van der Waals surface area (Å²) in [4.78, 5) is 37.6. The number of aromatic amines is 1. The molecule has 1 aromatic carbocycles. The van der Waals surface area contributed by atoms with Crippen LogP contribution >= 0.6 is 23.1 Å². The van der Waals surface area contributed by atoms with Crippen LogP contribution in [0.15, 0.2) is 50.5 Å². The van der Waals surface area contributed by atoms with Crippen LogP contribution in [0.4, 0.5) is 0 Å². The molecule has 28 heavy (non-hydrogen) atoms. The van der Waals surface area contributed by atoms with Crippen LogP contribution in [0.25, 0.3) is 21.1 Å². The van der Waals surface area contributed by atoms with E-state index in [1.165, 1.54) is 23.1 Å². The molecule has 0 unspecified atom stereocenters. The van der Waals surface area contributed by atoms with E-state index in [-0.39, 0.29) is 17.2 Å². The van der Waals surface area contributed by atoms with Gasteiger partial charge in [-0.1, -0.05) is 36.7 Å². The number of thiophene rings is 1. The zero-order valence-corrected chi connectivity index (χ0v) is 16.7. The molecule has 1 N–H and O–H groups in total. The second-order valence-corrected chi connectivity index (χ2v) is 8.82. The molecular formula is C20H18N4O2S2. The topological polar surface area (TPSA) is 80.6 Å². The van der Waals surface area contributed by atoms with E-state index in [4.69, 9.17) is 4.98 Å². The molecule has 0 atom stereocenters. The molecule has 6 nitrogen and oxygen atoms in total. The van der Waals surface area contributed by atoms with Crippen LogP contribution < -0.4 is 11.1 Å². The minimum atomic E-state index is -0.116. The standard InChI is InChI=1S/C20H18N4O2S2/c25-18-17-15(9-10-27-17)21-16(23-18)11-28-20-22-14-8-4-3-7-13(14)19(26)24(20)12-5-1-2-6-12/h3-4,7-10,12H,1-2,5-6,11H2,(H,21,23,25). The van der Waals surface area contributed by atoms with Gasteiger partial charge in [-0.3, -0.25) is 14.2 Å². The first-order valence-electron chi connectivity index (χ1n) is 9.31. The zero-order chi connectivity index (χ0) is 19.1. The van der Waals surface area contributed by atoms with Crippen molar-refractivity contribution in [1.82, 2.24) is 19.5 Å². The minimum Gasteiger partial charge on any atom is -0.309 e. The SMILES string of the molecule is O=c1[nH]c(CSc2nc3ccccc3c(=O)n2C2CCCC2)nc2ccsc12. The third-order valence-electron chi connectivity index (χ3n) is 5.17. The lowest BCUT2D eigenvalue weighted by Gasteiger charge is -2.18. The van der Waals surface area contributed by atoms with Crippen molar-refractivity contribution < 1.29 is 0 Å². The number of fused-ring (bicyclic) bond motifs is 2. The van der Waals surface area contributed by atoms with Gasteiger partial charge in [-0.25, -0.2) is 9.97 Å². The normalized spacial score (nSPS) is 15.0. The summed E-state index contributed by atoms with van der Waals surface area (Å²) in [5.41, 5.74) is 1.33. The molecule has 0 saturated heterocycles. The van der Waals surface area contributed by atoms with Gasteiger partial charge in [0.05, 0.1) is 22.2 Å². The second kappa shape index (κ2) is 7.18. The molecular weight excluding hydrogens is 392 g/mol. The molecule has 0 amide bonds. The van der Waals surface area contributed by atoms with Crippen LogP contribution in [-0.2, 0) is 5.75 Å². The Hall–Kier alpha value is -2.45. The number of rotatable bonds is 4. The molecule has 0 radical (unpaired) electrons. The van der Waals surface area contributed by atoms with E-state index >= 15 is 0 Å². The van der Waals surface area contributed by atoms with Crippen LogP contribution in [-0.4, -0.2) is 19.5 Å². The Kier molecular flexibility index (Phi) is 4.52. The molecule has 1 saturated carbocycles. The third kappa shape index (κ3) is 3.06. The molecule has 0 aliphatic heterocycles. The van der Waals surface area contributed by atoms with E-state index in [1.54, 1.807) is 0 Å². The van der Waals surface area contributed by atoms with Crippen LogP contribution in [0.3, 0.4) is 0 Å². The highest BCUT2D eigenvalue weighted by molar-refractivity contribution is 7.98. The van der Waals surface area contributed by atoms with Crippen molar-refractivity contribution in [2.75, 3.05) is 0 Å². The molecule has 1 aliphatic carbocycles. The fourth-order valence-electron chi connectivity index (χ4n) is 3.83. The van der Waals surface area contributed by atoms with Gasteiger partial charge in [0.2, 0.25) is 0 Å². The van der Waals surface area contributed by atoms with Crippen molar-refractivity contribution in [3.63, 3.8) is 0 Å². The maximum atomic E-state index is 13.2. The first-order chi connectivity index (χ1) is 13.7. The van der Waals surface area contributed by atoms with Crippen LogP contribution in [0.5, 0.6) is 0 Å². The van der Waals surface area contributed by atoms with Gasteiger partial charge in [0.25, 0.3) is 11.1 Å². The number of hydrogen-bond acceptors (Lipinski definition) is 6. The summed E-state index contributed by atoms with van der Waals surface area (Å²) in [5, 5.41) is 3.22. The van der Waals surface area contributed by atoms with E-state index in [2.05, 4.69) is 9.97 Å². The van der Waals surface area contributed by atoms with Gasteiger partial charge >= 0.3 is 0 Å². The fourth-order valence-corrected chi connectivity index (χ4v) is 5.50. The zero-order valence-electron chi connectivity index (χ0n) is 15.1. The van der Waals surface area contributed by atoms with Gasteiger partial charge in [0.1, 0.15) is 10.5 Å². The van der Waals surface area contributed by atoms with E-state index in [1.807, 2.05) is 40.3 Å². The summed E-state index contributed by atoms with van der Waals surface area (Å²) in [6, 6.07) is 9.53. The van der Waals surface area contributed by atoms with Gasteiger partial charge in [-0.15, -0.1) is 11.3 Å². The Bertz CT molecular complexity index is 1280. The first kappa shape index (κ1) is 17.6. The maximum Gasteiger partial charge on any atom is 0.268 e. The van der Waals surface area contributed by atoms with E-state index in [9.17, 15) is 9.59 Å². The summed E-state index contributed by atoms with van der Waals surface area (Å²) < 4.78 is 2.50. The summed E-state index contributed by atoms with van der Waals surface area (Å²) in [7, 11) is 0. The van der Waals surface area contributed by atoms with Crippen molar-refractivity contribution in [2.24, 2.45) is 0 Å². The summed E-state index contributed by atoms with van der Waals surface area (Å²) in [6.45, 7) is 0. The number of benzene rings is 1. The lowest BCUT2D eigenvalue weighted by atomic mass is 10.2. The number of para-hydroxylation sites is 1. The number of nitrogens with one attached hydrogen (secondary N) is 1. The summed E-state index contributed by atoms with van der Waals surface area (Å²) >= 11 is 2.85. The number of nitrogens with zero attached hydrogens (tertiary/aromatic N) is 3. The minimum absolute atomic E-state index is 0.0229. The van der Waals surface area contributed by atoms with Crippen molar-refractivity contribution >= 4 is 44.2 Å². The summed E-state index contributed by atoms with van der Waals surface area (Å²) in [6.07, 6.45) is 4.28. The van der Waals surface area contributed by atoms with Crippen LogP contribution in [0, 0.1) is 0 Å². The fraction of sp³-hybridized carbons (Fsp3) is 0.300. The van der Waals surface area contributed by atoms with Gasteiger partial charge < -0.3 is 4.98 Å². The molecule has 5 rings (SSSR count). The van der Waals surface area contributed by atoms with Crippen LogP contribution in [0.2, 0.25) is 0 Å². The molecule has 8 heteroatoms. The van der Waals surface area contributed by atoms with Gasteiger partial charge in [0, 0.05) is 6.04 Å². The van der Waals surface area contributed by atoms with Crippen LogP contribution in [0.1, 0.15) is 37.5 Å². The Balaban J connectivity index is 1.56. The highest BCUT2D eigenvalue weighted by Crippen LogP contribution is 2.32. The molecule has 0 spiro atoms. The molecule has 0 bridgehead atoms. The molecule has 1 aliphatic rings. The predicted molar refractivity (Wildman–Crippen MR) is 113 cm³/mol. The highest BCUT2D eigenvalue weighted by Gasteiger charge is 2.23.